The summed E-state index contributed by atoms with van der Waals surface area (Å²) in [5.41, 5.74) is 2.14. The molecule has 1 aromatic heterocycles. The molecule has 0 radical (unpaired) electrons. The number of ether oxygens (including phenoxy) is 1. The Hall–Kier alpha value is -2.96. The first-order chi connectivity index (χ1) is 13.6. The summed E-state index contributed by atoms with van der Waals surface area (Å²) < 4.78 is 5.38. The number of hydrogen-bond donors (Lipinski definition) is 2. The minimum Gasteiger partial charge on any atom is -0.368 e. The third kappa shape index (κ3) is 3.98. The van der Waals surface area contributed by atoms with Crippen LogP contribution in [-0.4, -0.2) is 29.5 Å². The van der Waals surface area contributed by atoms with Crippen LogP contribution in [0, 0.1) is 0 Å². The van der Waals surface area contributed by atoms with Gasteiger partial charge in [-0.2, -0.15) is 0 Å². The lowest BCUT2D eigenvalue weighted by atomic mass is 10.1. The molecule has 142 valence electrons. The number of rotatable bonds is 4. The first kappa shape index (κ1) is 18.4. The lowest BCUT2D eigenvalue weighted by Crippen LogP contribution is -2.27. The average Bonchev–Trinajstić information content (AvgIpc) is 3.23. The van der Waals surface area contributed by atoms with Gasteiger partial charge in [-0.25, -0.2) is 0 Å². The molecule has 1 aliphatic heterocycles. The summed E-state index contributed by atoms with van der Waals surface area (Å²) in [6, 6.07) is 13.9. The first-order valence-corrected chi connectivity index (χ1v) is 9.36. The van der Waals surface area contributed by atoms with Crippen molar-refractivity contribution in [3.8, 4) is 0 Å². The van der Waals surface area contributed by atoms with Crippen LogP contribution in [0.3, 0.4) is 0 Å². The smallest absolute Gasteiger partial charge is 0.255 e. The summed E-state index contributed by atoms with van der Waals surface area (Å²) in [5.74, 6) is -0.512. The first-order valence-electron chi connectivity index (χ1n) is 8.98. The van der Waals surface area contributed by atoms with Crippen LogP contribution in [0.5, 0.6) is 0 Å². The van der Waals surface area contributed by atoms with E-state index in [-0.39, 0.29) is 11.8 Å². The number of carbonyl (C=O) groups excluding carboxylic acids is 2. The number of nitrogens with zero attached hydrogens (tertiary/aromatic N) is 1. The average molecular weight is 396 g/mol. The van der Waals surface area contributed by atoms with E-state index in [4.69, 9.17) is 16.3 Å². The Labute approximate surface area is 166 Å². The molecule has 0 aliphatic carbocycles. The third-order valence-corrected chi connectivity index (χ3v) is 4.75. The van der Waals surface area contributed by atoms with Crippen molar-refractivity contribution in [2.45, 2.75) is 18.9 Å². The number of fused-ring (bicyclic) bond motifs is 1. The molecule has 2 aromatic carbocycles. The highest BCUT2D eigenvalue weighted by Gasteiger charge is 2.23. The Morgan fingerprint density at radius 1 is 1.11 bits per heavy atom. The predicted molar refractivity (Wildman–Crippen MR) is 109 cm³/mol. The van der Waals surface area contributed by atoms with Crippen LogP contribution in [0.4, 0.5) is 11.4 Å². The van der Waals surface area contributed by atoms with E-state index in [1.165, 1.54) is 0 Å². The highest BCUT2D eigenvalue weighted by molar-refractivity contribution is 6.32. The zero-order valence-electron chi connectivity index (χ0n) is 14.9. The largest absolute Gasteiger partial charge is 0.368 e. The number of aromatic nitrogens is 1. The molecule has 0 spiro atoms. The van der Waals surface area contributed by atoms with Crippen LogP contribution in [-0.2, 0) is 9.53 Å². The number of hydrogen-bond acceptors (Lipinski definition) is 4. The summed E-state index contributed by atoms with van der Waals surface area (Å²) in [5, 5.41) is 7.00. The molecule has 1 atom stereocenters. The highest BCUT2D eigenvalue weighted by atomic mass is 35.5. The van der Waals surface area contributed by atoms with Gasteiger partial charge in [0.05, 0.1) is 11.2 Å². The van der Waals surface area contributed by atoms with Crippen molar-refractivity contribution in [3.63, 3.8) is 0 Å². The van der Waals surface area contributed by atoms with Crippen molar-refractivity contribution in [3.05, 3.63) is 65.3 Å². The van der Waals surface area contributed by atoms with E-state index in [1.54, 1.807) is 42.6 Å². The fourth-order valence-corrected chi connectivity index (χ4v) is 3.42. The molecule has 7 heteroatoms. The van der Waals surface area contributed by atoms with Crippen LogP contribution >= 0.6 is 11.6 Å². The molecule has 2 N–H and O–H groups in total. The number of pyridine rings is 1. The minimum atomic E-state index is -0.429. The van der Waals surface area contributed by atoms with E-state index in [0.717, 1.165) is 11.8 Å². The number of halogens is 1. The lowest BCUT2D eigenvalue weighted by Gasteiger charge is -2.12. The minimum absolute atomic E-state index is 0.194. The zero-order valence-corrected chi connectivity index (χ0v) is 15.7. The summed E-state index contributed by atoms with van der Waals surface area (Å²) in [4.78, 5) is 29.3. The van der Waals surface area contributed by atoms with E-state index >= 15 is 0 Å². The van der Waals surface area contributed by atoms with E-state index in [9.17, 15) is 9.59 Å². The van der Waals surface area contributed by atoms with Gasteiger partial charge in [-0.3, -0.25) is 14.6 Å². The van der Waals surface area contributed by atoms with Crippen molar-refractivity contribution in [2.24, 2.45) is 0 Å². The van der Waals surface area contributed by atoms with Crippen molar-refractivity contribution in [1.29, 1.82) is 0 Å². The van der Waals surface area contributed by atoms with Gasteiger partial charge in [0.25, 0.3) is 11.8 Å². The van der Waals surface area contributed by atoms with Crippen molar-refractivity contribution >= 4 is 45.7 Å². The lowest BCUT2D eigenvalue weighted by molar-refractivity contribution is -0.124. The topological polar surface area (TPSA) is 80.3 Å². The molecule has 0 unspecified atom stereocenters. The predicted octanol–water partition coefficient (Wildman–Crippen LogP) is 4.26. The molecule has 28 heavy (non-hydrogen) atoms. The van der Waals surface area contributed by atoms with E-state index < -0.39 is 6.10 Å². The van der Waals surface area contributed by atoms with Gasteiger partial charge in [0.1, 0.15) is 6.10 Å². The molecule has 0 bridgehead atoms. The summed E-state index contributed by atoms with van der Waals surface area (Å²) in [6.07, 6.45) is 2.82. The Morgan fingerprint density at radius 3 is 2.82 bits per heavy atom. The second-order valence-corrected chi connectivity index (χ2v) is 6.99. The van der Waals surface area contributed by atoms with Gasteiger partial charge in [0.2, 0.25) is 0 Å². The van der Waals surface area contributed by atoms with Crippen LogP contribution < -0.4 is 10.6 Å². The van der Waals surface area contributed by atoms with Gasteiger partial charge in [0, 0.05) is 34.5 Å². The van der Waals surface area contributed by atoms with Crippen molar-refractivity contribution in [1.82, 2.24) is 4.98 Å². The van der Waals surface area contributed by atoms with Crippen LogP contribution in [0.25, 0.3) is 10.9 Å². The number of benzene rings is 2. The highest BCUT2D eigenvalue weighted by Crippen LogP contribution is 2.27. The zero-order chi connectivity index (χ0) is 19.5. The quantitative estimate of drug-likeness (QED) is 0.691. The second-order valence-electron chi connectivity index (χ2n) is 6.55. The fraction of sp³-hybridized carbons (Fsp3) is 0.190. The Morgan fingerprint density at radius 2 is 2.00 bits per heavy atom. The molecular weight excluding hydrogens is 378 g/mol. The second kappa shape index (κ2) is 7.96. The third-order valence-electron chi connectivity index (χ3n) is 4.53. The van der Waals surface area contributed by atoms with E-state index in [1.807, 2.05) is 12.1 Å². The van der Waals surface area contributed by atoms with Crippen LogP contribution in [0.2, 0.25) is 5.02 Å². The molecule has 3 aromatic rings. The van der Waals surface area contributed by atoms with Crippen LogP contribution in [0.1, 0.15) is 23.2 Å². The molecular formula is C21H18ClN3O3. The van der Waals surface area contributed by atoms with Gasteiger partial charge in [-0.15, -0.1) is 0 Å². The van der Waals surface area contributed by atoms with Gasteiger partial charge in [0.15, 0.2) is 0 Å². The monoisotopic (exact) mass is 395 g/mol. The van der Waals surface area contributed by atoms with Crippen molar-refractivity contribution in [2.75, 3.05) is 17.2 Å². The van der Waals surface area contributed by atoms with E-state index in [0.29, 0.717) is 40.5 Å². The Bertz CT molecular complexity index is 1050. The van der Waals surface area contributed by atoms with Gasteiger partial charge < -0.3 is 15.4 Å². The van der Waals surface area contributed by atoms with E-state index in [2.05, 4.69) is 15.6 Å². The van der Waals surface area contributed by atoms with Crippen molar-refractivity contribution < 1.29 is 14.3 Å². The molecule has 6 nitrogen and oxygen atoms in total. The molecule has 1 aliphatic rings. The van der Waals surface area contributed by atoms with Crippen LogP contribution in [0.15, 0.2) is 54.7 Å². The Kier molecular flexibility index (Phi) is 5.23. The number of anilines is 2. The normalized spacial score (nSPS) is 16.1. The van der Waals surface area contributed by atoms with Gasteiger partial charge in [-0.1, -0.05) is 23.7 Å². The molecule has 0 saturated carbocycles. The van der Waals surface area contributed by atoms with Gasteiger partial charge >= 0.3 is 0 Å². The SMILES string of the molecule is O=C(Nc1cc(Cl)cc2cccnc12)c1cccc(NC(=O)[C@H]2CCCO2)c1. The maximum atomic E-state index is 12.7. The molecule has 4 rings (SSSR count). The maximum absolute atomic E-state index is 12.7. The molecule has 2 amide bonds. The maximum Gasteiger partial charge on any atom is 0.255 e. The summed E-state index contributed by atoms with van der Waals surface area (Å²) in [6.45, 7) is 0.599. The number of carbonyl (C=O) groups is 2. The Balaban J connectivity index is 1.53. The summed E-state index contributed by atoms with van der Waals surface area (Å²) in [7, 11) is 0. The molecule has 1 fully saturated rings. The van der Waals surface area contributed by atoms with Gasteiger partial charge in [-0.05, 0) is 49.2 Å². The molecule has 2 heterocycles. The summed E-state index contributed by atoms with van der Waals surface area (Å²) >= 11 is 6.16. The number of amides is 2. The molecule has 1 saturated heterocycles. The fourth-order valence-electron chi connectivity index (χ4n) is 3.19. The number of nitrogens with one attached hydrogen (secondary N) is 2. The standard InChI is InChI=1S/C21H18ClN3O3/c22-15-10-13-5-2-8-23-19(13)17(12-15)25-20(26)14-4-1-6-16(11-14)24-21(27)18-7-3-9-28-18/h1-2,4-6,8,10-12,18H,3,7,9H2,(H,24,27)(H,25,26)/t18-/m1/s1.